The Labute approximate surface area is 151 Å². The molecule has 1 aliphatic rings. The van der Waals surface area contributed by atoms with Crippen LogP contribution >= 0.6 is 0 Å². The topological polar surface area (TPSA) is 103 Å². The van der Waals surface area contributed by atoms with Gasteiger partial charge in [0.2, 0.25) is 0 Å². The average molecular weight is 358 g/mol. The van der Waals surface area contributed by atoms with E-state index in [-0.39, 0.29) is 12.0 Å². The molecule has 0 bridgehead atoms. The molecule has 1 fully saturated rings. The fraction of sp³-hybridized carbons (Fsp3) is 0.412. The standard InChI is InChI=1S/C17H22N6O3/c1-2-26-16(24)13-4-5-15(18-10-13)22-6-3-7-23(9-8-22)17(25)21-14-11-19-20-12-14/h4-5,10-12H,2-3,6-9H2,1H3,(H,19,20)(H,21,25). The molecule has 2 aromatic rings. The normalized spacial score (nSPS) is 14.7. The summed E-state index contributed by atoms with van der Waals surface area (Å²) in [6.45, 7) is 4.83. The SMILES string of the molecule is CCOC(=O)c1ccc(N2CCCN(C(=O)Nc3cn[nH]c3)CC2)nc1. The molecule has 0 aliphatic carbocycles. The van der Waals surface area contributed by atoms with Gasteiger partial charge < -0.3 is 19.9 Å². The van der Waals surface area contributed by atoms with Gasteiger partial charge >= 0.3 is 12.0 Å². The summed E-state index contributed by atoms with van der Waals surface area (Å²) in [7, 11) is 0. The number of aromatic nitrogens is 3. The van der Waals surface area contributed by atoms with Gasteiger partial charge in [-0.25, -0.2) is 14.6 Å². The van der Waals surface area contributed by atoms with Gasteiger partial charge in [-0.2, -0.15) is 5.10 Å². The van der Waals surface area contributed by atoms with E-state index < -0.39 is 0 Å². The first-order valence-corrected chi connectivity index (χ1v) is 8.60. The predicted octanol–water partition coefficient (Wildman–Crippen LogP) is 1.73. The van der Waals surface area contributed by atoms with Crippen LogP contribution in [-0.2, 0) is 4.74 Å². The van der Waals surface area contributed by atoms with Crippen LogP contribution in [0.25, 0.3) is 0 Å². The number of esters is 1. The summed E-state index contributed by atoms with van der Waals surface area (Å²) >= 11 is 0. The fourth-order valence-electron chi connectivity index (χ4n) is 2.78. The van der Waals surface area contributed by atoms with Crippen LogP contribution < -0.4 is 10.2 Å². The van der Waals surface area contributed by atoms with Crippen LogP contribution in [0.4, 0.5) is 16.3 Å². The molecule has 1 aliphatic heterocycles. The molecule has 9 nitrogen and oxygen atoms in total. The van der Waals surface area contributed by atoms with Crippen molar-refractivity contribution in [2.75, 3.05) is 43.0 Å². The molecule has 2 aromatic heterocycles. The van der Waals surface area contributed by atoms with E-state index in [4.69, 9.17) is 4.74 Å². The van der Waals surface area contributed by atoms with Crippen LogP contribution in [-0.4, -0.2) is 64.9 Å². The van der Waals surface area contributed by atoms with E-state index in [0.717, 1.165) is 18.8 Å². The number of amides is 2. The van der Waals surface area contributed by atoms with Gasteiger partial charge in [0.15, 0.2) is 0 Å². The first-order chi connectivity index (χ1) is 12.7. The molecule has 26 heavy (non-hydrogen) atoms. The molecule has 0 atom stereocenters. The van der Waals surface area contributed by atoms with Crippen molar-refractivity contribution in [2.24, 2.45) is 0 Å². The second-order valence-corrected chi connectivity index (χ2v) is 5.87. The number of pyridine rings is 1. The maximum Gasteiger partial charge on any atom is 0.339 e. The van der Waals surface area contributed by atoms with Crippen LogP contribution in [0.1, 0.15) is 23.7 Å². The van der Waals surface area contributed by atoms with Crippen molar-refractivity contribution in [3.63, 3.8) is 0 Å². The monoisotopic (exact) mass is 358 g/mol. The van der Waals surface area contributed by atoms with E-state index in [1.165, 1.54) is 6.20 Å². The molecular formula is C17H22N6O3. The lowest BCUT2D eigenvalue weighted by molar-refractivity contribution is 0.0526. The minimum Gasteiger partial charge on any atom is -0.462 e. The maximum atomic E-state index is 12.3. The molecule has 0 saturated carbocycles. The highest BCUT2D eigenvalue weighted by Gasteiger charge is 2.20. The smallest absolute Gasteiger partial charge is 0.339 e. The number of carbonyl (C=O) groups excluding carboxylic acids is 2. The Morgan fingerprint density at radius 2 is 2.12 bits per heavy atom. The lowest BCUT2D eigenvalue weighted by atomic mass is 10.2. The van der Waals surface area contributed by atoms with Crippen LogP contribution in [0, 0.1) is 0 Å². The molecule has 138 valence electrons. The van der Waals surface area contributed by atoms with E-state index in [9.17, 15) is 9.59 Å². The number of hydrogen-bond donors (Lipinski definition) is 2. The third kappa shape index (κ3) is 4.29. The third-order valence-electron chi connectivity index (χ3n) is 4.12. The Morgan fingerprint density at radius 3 is 2.81 bits per heavy atom. The van der Waals surface area contributed by atoms with Gasteiger partial charge in [-0.15, -0.1) is 0 Å². The molecule has 2 N–H and O–H groups in total. The first kappa shape index (κ1) is 17.7. The van der Waals surface area contributed by atoms with E-state index >= 15 is 0 Å². The summed E-state index contributed by atoms with van der Waals surface area (Å²) in [5.74, 6) is 0.416. The highest BCUT2D eigenvalue weighted by atomic mass is 16.5. The molecule has 0 radical (unpaired) electrons. The molecule has 3 heterocycles. The average Bonchev–Trinajstić information content (AvgIpc) is 3.03. The molecule has 0 spiro atoms. The zero-order valence-corrected chi connectivity index (χ0v) is 14.6. The minimum absolute atomic E-state index is 0.140. The molecule has 0 unspecified atom stereocenters. The molecule has 3 rings (SSSR count). The number of carbonyl (C=O) groups is 2. The van der Waals surface area contributed by atoms with E-state index in [2.05, 4.69) is 25.4 Å². The minimum atomic E-state index is -0.371. The second kappa shape index (κ2) is 8.32. The number of hydrogen-bond acceptors (Lipinski definition) is 6. The number of ether oxygens (including phenoxy) is 1. The van der Waals surface area contributed by atoms with Crippen LogP contribution in [0.3, 0.4) is 0 Å². The van der Waals surface area contributed by atoms with Crippen LogP contribution in [0.5, 0.6) is 0 Å². The summed E-state index contributed by atoms with van der Waals surface area (Å²) in [6.07, 6.45) is 5.57. The van der Waals surface area contributed by atoms with Crippen molar-refractivity contribution in [3.05, 3.63) is 36.3 Å². The van der Waals surface area contributed by atoms with Crippen molar-refractivity contribution >= 4 is 23.5 Å². The van der Waals surface area contributed by atoms with Crippen molar-refractivity contribution in [3.8, 4) is 0 Å². The Hall–Kier alpha value is -3.10. The van der Waals surface area contributed by atoms with Gasteiger partial charge in [-0.05, 0) is 25.5 Å². The number of nitrogens with one attached hydrogen (secondary N) is 2. The Kier molecular flexibility index (Phi) is 5.67. The Balaban J connectivity index is 1.58. The first-order valence-electron chi connectivity index (χ1n) is 8.60. The second-order valence-electron chi connectivity index (χ2n) is 5.87. The maximum absolute atomic E-state index is 12.3. The third-order valence-corrected chi connectivity index (χ3v) is 4.12. The van der Waals surface area contributed by atoms with Crippen molar-refractivity contribution in [1.29, 1.82) is 0 Å². The summed E-state index contributed by atoms with van der Waals surface area (Å²) in [6, 6.07) is 3.39. The van der Waals surface area contributed by atoms with E-state index in [1.54, 1.807) is 30.3 Å². The number of anilines is 2. The lowest BCUT2D eigenvalue weighted by Crippen LogP contribution is -2.38. The summed E-state index contributed by atoms with van der Waals surface area (Å²) in [4.78, 5) is 32.3. The van der Waals surface area contributed by atoms with Gasteiger partial charge in [0.25, 0.3) is 0 Å². The Bertz CT molecular complexity index is 731. The van der Waals surface area contributed by atoms with Crippen LogP contribution in [0.15, 0.2) is 30.7 Å². The quantitative estimate of drug-likeness (QED) is 0.807. The van der Waals surface area contributed by atoms with E-state index in [1.807, 2.05) is 6.07 Å². The number of nitrogens with zero attached hydrogens (tertiary/aromatic N) is 4. The Morgan fingerprint density at radius 1 is 1.23 bits per heavy atom. The fourth-order valence-corrected chi connectivity index (χ4v) is 2.78. The summed E-state index contributed by atoms with van der Waals surface area (Å²) in [5, 5.41) is 9.29. The number of aromatic amines is 1. The van der Waals surface area contributed by atoms with Gasteiger partial charge in [0.1, 0.15) is 5.82 Å². The number of urea groups is 1. The van der Waals surface area contributed by atoms with Crippen molar-refractivity contribution in [1.82, 2.24) is 20.1 Å². The van der Waals surface area contributed by atoms with Crippen molar-refractivity contribution in [2.45, 2.75) is 13.3 Å². The van der Waals surface area contributed by atoms with Gasteiger partial charge in [-0.1, -0.05) is 0 Å². The molecule has 0 aromatic carbocycles. The zero-order valence-electron chi connectivity index (χ0n) is 14.6. The molecule has 9 heteroatoms. The number of H-pyrrole nitrogens is 1. The van der Waals surface area contributed by atoms with Crippen molar-refractivity contribution < 1.29 is 14.3 Å². The molecule has 1 saturated heterocycles. The van der Waals surface area contributed by atoms with Gasteiger partial charge in [0, 0.05) is 38.6 Å². The summed E-state index contributed by atoms with van der Waals surface area (Å²) < 4.78 is 4.97. The summed E-state index contributed by atoms with van der Waals surface area (Å²) in [5.41, 5.74) is 1.08. The highest BCUT2D eigenvalue weighted by Crippen LogP contribution is 2.15. The zero-order chi connectivity index (χ0) is 18.4. The number of rotatable bonds is 4. The highest BCUT2D eigenvalue weighted by molar-refractivity contribution is 5.89. The lowest BCUT2D eigenvalue weighted by Gasteiger charge is -2.23. The van der Waals surface area contributed by atoms with E-state index in [0.29, 0.717) is 37.5 Å². The molecule has 2 amide bonds. The van der Waals surface area contributed by atoms with Crippen LogP contribution in [0.2, 0.25) is 0 Å². The largest absolute Gasteiger partial charge is 0.462 e. The van der Waals surface area contributed by atoms with Gasteiger partial charge in [-0.3, -0.25) is 5.10 Å². The molecular weight excluding hydrogens is 336 g/mol. The predicted molar refractivity (Wildman–Crippen MR) is 96.2 cm³/mol. The van der Waals surface area contributed by atoms with Gasteiger partial charge in [0.05, 0.1) is 24.1 Å².